The van der Waals surface area contributed by atoms with E-state index in [9.17, 15) is 43.9 Å². The Morgan fingerprint density at radius 1 is 0.977 bits per heavy atom. The van der Waals surface area contributed by atoms with E-state index in [2.05, 4.69) is 0 Å². The average molecular weight is 654 g/mol. The summed E-state index contributed by atoms with van der Waals surface area (Å²) in [5.41, 5.74) is -2.32. The number of benzene rings is 2. The molecule has 0 aliphatic carbocycles. The number of morpholine rings is 1. The van der Waals surface area contributed by atoms with Gasteiger partial charge in [-0.3, -0.25) is 9.69 Å². The molecule has 2 fully saturated rings. The Hall–Kier alpha value is -2.75. The summed E-state index contributed by atoms with van der Waals surface area (Å²) in [5, 5.41) is 0. The van der Waals surface area contributed by atoms with Gasteiger partial charge in [0.25, 0.3) is 0 Å². The summed E-state index contributed by atoms with van der Waals surface area (Å²) in [6, 6.07) is 5.10. The van der Waals surface area contributed by atoms with E-state index in [0.717, 1.165) is 4.90 Å². The van der Waals surface area contributed by atoms with Crippen LogP contribution in [-0.2, 0) is 38.5 Å². The van der Waals surface area contributed by atoms with Crippen LogP contribution in [0.15, 0.2) is 36.4 Å². The number of ether oxygens (including phenoxy) is 1. The molecule has 44 heavy (non-hydrogen) atoms. The minimum atomic E-state index is -5.04. The summed E-state index contributed by atoms with van der Waals surface area (Å²) in [5.74, 6) is -2.85. The number of hydrogen-bond donors (Lipinski definition) is 0. The van der Waals surface area contributed by atoms with Gasteiger partial charge in [0.1, 0.15) is 5.82 Å². The number of nitrogens with zero attached hydrogens (tertiary/aromatic N) is 3. The van der Waals surface area contributed by atoms with E-state index in [-0.39, 0.29) is 36.9 Å². The lowest BCUT2D eigenvalue weighted by molar-refractivity contribution is -0.143. The standard InChI is InChI=1S/C29H34F7N3O4S/c1-19-13-23(30)3-4-24(19)26-18-39(44(41,42)12-9-38-7-10-43-11-8-38)6-5-25(26)27(40)37(2)17-20-14-21(28(31,32)33)16-22(15-20)29(34,35)36/h3-4,13-16,25-26H,5-12,17-18H2,1-2H3. The van der Waals surface area contributed by atoms with Gasteiger partial charge in [-0.15, -0.1) is 0 Å². The fourth-order valence-electron chi connectivity index (χ4n) is 5.78. The van der Waals surface area contributed by atoms with Gasteiger partial charge in [0.2, 0.25) is 15.9 Å². The van der Waals surface area contributed by atoms with E-state index in [1.807, 2.05) is 4.90 Å². The van der Waals surface area contributed by atoms with Gasteiger partial charge in [0.15, 0.2) is 0 Å². The molecule has 0 spiro atoms. The lowest BCUT2D eigenvalue weighted by Gasteiger charge is -2.39. The molecule has 15 heteroatoms. The van der Waals surface area contributed by atoms with Crippen molar-refractivity contribution >= 4 is 15.9 Å². The number of rotatable bonds is 8. The van der Waals surface area contributed by atoms with Gasteiger partial charge in [0.05, 0.1) is 30.1 Å². The molecule has 0 bridgehead atoms. The maximum atomic E-state index is 14.0. The fourth-order valence-corrected chi connectivity index (χ4v) is 7.30. The monoisotopic (exact) mass is 653 g/mol. The van der Waals surface area contributed by atoms with Crippen LogP contribution in [0.2, 0.25) is 0 Å². The van der Waals surface area contributed by atoms with Crippen molar-refractivity contribution in [3.63, 3.8) is 0 Å². The summed E-state index contributed by atoms with van der Waals surface area (Å²) in [4.78, 5) is 16.8. The summed E-state index contributed by atoms with van der Waals surface area (Å²) in [7, 11) is -2.49. The largest absolute Gasteiger partial charge is 0.416 e. The second-order valence-electron chi connectivity index (χ2n) is 11.2. The zero-order valence-electron chi connectivity index (χ0n) is 24.2. The molecule has 0 aromatic heterocycles. The maximum Gasteiger partial charge on any atom is 0.416 e. The fraction of sp³-hybridized carbons (Fsp3) is 0.552. The third kappa shape index (κ3) is 8.29. The van der Waals surface area contributed by atoms with Crippen molar-refractivity contribution in [2.24, 2.45) is 5.92 Å². The molecule has 0 radical (unpaired) electrons. The van der Waals surface area contributed by atoms with Gasteiger partial charge in [-0.2, -0.15) is 26.3 Å². The quantitative estimate of drug-likeness (QED) is 0.380. The number of hydrogen-bond acceptors (Lipinski definition) is 5. The van der Waals surface area contributed by atoms with E-state index in [4.69, 9.17) is 4.74 Å². The highest BCUT2D eigenvalue weighted by atomic mass is 32.2. The summed E-state index contributed by atoms with van der Waals surface area (Å²) in [6.45, 7) is 3.49. The second-order valence-corrected chi connectivity index (χ2v) is 13.3. The van der Waals surface area contributed by atoms with E-state index < -0.39 is 63.6 Å². The third-order valence-electron chi connectivity index (χ3n) is 8.13. The third-order valence-corrected chi connectivity index (χ3v) is 9.95. The maximum absolute atomic E-state index is 14.0. The minimum absolute atomic E-state index is 0.00574. The summed E-state index contributed by atoms with van der Waals surface area (Å²) >= 11 is 0. The predicted molar refractivity (Wildman–Crippen MR) is 148 cm³/mol. The van der Waals surface area contributed by atoms with Gasteiger partial charge >= 0.3 is 12.4 Å². The van der Waals surface area contributed by atoms with Crippen molar-refractivity contribution in [3.05, 3.63) is 70.0 Å². The molecule has 2 aromatic carbocycles. The highest BCUT2D eigenvalue weighted by Gasteiger charge is 2.41. The molecule has 0 saturated carbocycles. The highest BCUT2D eigenvalue weighted by Crippen LogP contribution is 2.39. The Bertz CT molecular complexity index is 1410. The number of aryl methyl sites for hydroxylation is 1. The van der Waals surface area contributed by atoms with Crippen molar-refractivity contribution in [3.8, 4) is 0 Å². The number of carbonyl (C=O) groups is 1. The SMILES string of the molecule is Cc1cc(F)ccc1C1CN(S(=O)(=O)CCN2CCOCC2)CCC1C(=O)N(C)Cc1cc(C(F)(F)F)cc(C(F)(F)F)c1. The first-order chi connectivity index (χ1) is 20.5. The number of sulfonamides is 1. The molecule has 7 nitrogen and oxygen atoms in total. The van der Waals surface area contributed by atoms with E-state index in [1.54, 1.807) is 6.92 Å². The smallest absolute Gasteiger partial charge is 0.379 e. The van der Waals surface area contributed by atoms with E-state index in [0.29, 0.717) is 56.1 Å². The Morgan fingerprint density at radius 2 is 1.59 bits per heavy atom. The molecule has 2 atom stereocenters. The molecule has 2 unspecified atom stereocenters. The first-order valence-corrected chi connectivity index (χ1v) is 15.6. The second kappa shape index (κ2) is 13.3. The van der Waals surface area contributed by atoms with Crippen LogP contribution in [0.4, 0.5) is 30.7 Å². The topological polar surface area (TPSA) is 70.2 Å². The van der Waals surface area contributed by atoms with Gasteiger partial charge in [-0.05, 0) is 60.4 Å². The van der Waals surface area contributed by atoms with Crippen molar-refractivity contribution in [2.75, 3.05) is 58.7 Å². The molecule has 244 valence electrons. The van der Waals surface area contributed by atoms with Crippen LogP contribution in [0.3, 0.4) is 0 Å². The van der Waals surface area contributed by atoms with Gasteiger partial charge in [-0.1, -0.05) is 6.07 Å². The molecule has 2 aromatic rings. The van der Waals surface area contributed by atoms with Crippen molar-refractivity contribution < 1.29 is 48.7 Å². The zero-order valence-corrected chi connectivity index (χ0v) is 25.0. The van der Waals surface area contributed by atoms with Gasteiger partial charge in [0, 0.05) is 58.2 Å². The first kappa shape index (κ1) is 34.1. The summed E-state index contributed by atoms with van der Waals surface area (Å²) < 4.78 is 128. The van der Waals surface area contributed by atoms with E-state index >= 15 is 0 Å². The molecule has 2 aliphatic rings. The molecule has 1 amide bonds. The molecular formula is C29H34F7N3O4S. The molecule has 2 heterocycles. The number of amides is 1. The van der Waals surface area contributed by atoms with Crippen LogP contribution in [0.25, 0.3) is 0 Å². The van der Waals surface area contributed by atoms with Crippen molar-refractivity contribution in [2.45, 2.75) is 38.2 Å². The van der Waals surface area contributed by atoms with Crippen molar-refractivity contribution in [1.82, 2.24) is 14.1 Å². The van der Waals surface area contributed by atoms with Gasteiger partial charge < -0.3 is 9.64 Å². The summed E-state index contributed by atoms with van der Waals surface area (Å²) in [6.07, 6.45) is -10.0. The Balaban J connectivity index is 1.58. The number of carbonyl (C=O) groups excluding carboxylic acids is 1. The van der Waals surface area contributed by atoms with Crippen LogP contribution in [0, 0.1) is 18.7 Å². The molecule has 2 saturated heterocycles. The first-order valence-electron chi connectivity index (χ1n) is 14.0. The molecule has 4 rings (SSSR count). The minimum Gasteiger partial charge on any atom is -0.379 e. The number of halogens is 7. The normalized spacial score (nSPS) is 20.9. The van der Waals surface area contributed by atoms with E-state index in [1.165, 1.54) is 29.6 Å². The number of piperidine rings is 1. The Labute approximate surface area is 251 Å². The Kier molecular flexibility index (Phi) is 10.3. The van der Waals surface area contributed by atoms with Gasteiger partial charge in [-0.25, -0.2) is 17.1 Å². The predicted octanol–water partition coefficient (Wildman–Crippen LogP) is 4.90. The van der Waals surface area contributed by atoms with Crippen LogP contribution in [0.5, 0.6) is 0 Å². The van der Waals surface area contributed by atoms with Crippen molar-refractivity contribution in [1.29, 1.82) is 0 Å². The van der Waals surface area contributed by atoms with Crippen LogP contribution in [-0.4, -0.2) is 87.2 Å². The lowest BCUT2D eigenvalue weighted by Crippen LogP contribution is -2.49. The molecular weight excluding hydrogens is 619 g/mol. The Morgan fingerprint density at radius 3 is 2.16 bits per heavy atom. The van der Waals surface area contributed by atoms with Crippen LogP contribution >= 0.6 is 0 Å². The average Bonchev–Trinajstić information content (AvgIpc) is 2.95. The number of alkyl halides is 6. The molecule has 0 N–H and O–H groups in total. The van der Waals surface area contributed by atoms with Crippen LogP contribution < -0.4 is 0 Å². The lowest BCUT2D eigenvalue weighted by atomic mass is 9.79. The highest BCUT2D eigenvalue weighted by molar-refractivity contribution is 7.89. The zero-order chi connectivity index (χ0) is 32.4. The van der Waals surface area contributed by atoms with Crippen LogP contribution in [0.1, 0.15) is 40.2 Å². The molecule has 2 aliphatic heterocycles.